The van der Waals surface area contributed by atoms with Gasteiger partial charge in [-0.1, -0.05) is 17.7 Å². The van der Waals surface area contributed by atoms with Crippen LogP contribution in [-0.2, 0) is 0 Å². The number of hydrogen-bond donors (Lipinski definition) is 0. The molecule has 1 aromatic carbocycles. The highest BCUT2D eigenvalue weighted by atomic mass is 35.5. The second-order valence-electron chi connectivity index (χ2n) is 4.29. The first-order valence-corrected chi connectivity index (χ1v) is 6.19. The molecule has 0 aliphatic heterocycles. The van der Waals surface area contributed by atoms with Crippen LogP contribution in [0.15, 0.2) is 46.9 Å². The van der Waals surface area contributed by atoms with Crippen molar-refractivity contribution in [3.05, 3.63) is 64.6 Å². The molecule has 0 aliphatic rings. The van der Waals surface area contributed by atoms with Gasteiger partial charge in [0.15, 0.2) is 5.76 Å². The number of benzene rings is 1. The average Bonchev–Trinajstić information content (AvgIpc) is 2.80. The largest absolute Gasteiger partial charge is 0.453 e. The first kappa shape index (κ1) is 11.9. The molecule has 0 bridgehead atoms. The maximum atomic E-state index is 12.3. The molecule has 0 amide bonds. The zero-order valence-electron chi connectivity index (χ0n) is 10.2. The minimum Gasteiger partial charge on any atom is -0.453 e. The maximum Gasteiger partial charge on any atom is 0.246 e. The molecule has 3 aromatic rings. The third-order valence-corrected chi connectivity index (χ3v) is 3.06. The summed E-state index contributed by atoms with van der Waals surface area (Å²) in [6, 6.07) is 12.2. The van der Waals surface area contributed by atoms with E-state index < -0.39 is 0 Å². The van der Waals surface area contributed by atoms with E-state index in [0.717, 1.165) is 11.1 Å². The molecule has 94 valence electrons. The number of fused-ring (bicyclic) bond motifs is 1. The van der Waals surface area contributed by atoms with Crippen LogP contribution < -0.4 is 0 Å². The van der Waals surface area contributed by atoms with Crippen molar-refractivity contribution >= 4 is 28.4 Å². The number of furan rings is 1. The number of aryl methyl sites for hydroxylation is 1. The van der Waals surface area contributed by atoms with E-state index in [1.807, 2.05) is 13.0 Å². The lowest BCUT2D eigenvalue weighted by Crippen LogP contribution is -2.03. The second kappa shape index (κ2) is 4.52. The van der Waals surface area contributed by atoms with Crippen molar-refractivity contribution in [1.82, 2.24) is 4.98 Å². The molecule has 4 heteroatoms. The van der Waals surface area contributed by atoms with Gasteiger partial charge in [-0.25, -0.2) is 4.98 Å². The van der Waals surface area contributed by atoms with Gasteiger partial charge in [0, 0.05) is 16.1 Å². The van der Waals surface area contributed by atoms with Crippen LogP contribution in [0.25, 0.3) is 11.0 Å². The molecule has 3 nitrogen and oxygen atoms in total. The molecule has 0 atom stereocenters. The summed E-state index contributed by atoms with van der Waals surface area (Å²) >= 11 is 5.91. The highest BCUT2D eigenvalue weighted by Crippen LogP contribution is 2.24. The Morgan fingerprint density at radius 1 is 1.21 bits per heavy atom. The van der Waals surface area contributed by atoms with E-state index in [-0.39, 0.29) is 11.5 Å². The fourth-order valence-corrected chi connectivity index (χ4v) is 2.10. The average molecular weight is 272 g/mol. The van der Waals surface area contributed by atoms with Gasteiger partial charge in [-0.2, -0.15) is 0 Å². The van der Waals surface area contributed by atoms with Crippen LogP contribution >= 0.6 is 11.6 Å². The van der Waals surface area contributed by atoms with Crippen LogP contribution in [0.5, 0.6) is 0 Å². The predicted molar refractivity (Wildman–Crippen MR) is 73.6 cm³/mol. The van der Waals surface area contributed by atoms with Gasteiger partial charge < -0.3 is 4.42 Å². The van der Waals surface area contributed by atoms with Crippen molar-refractivity contribution in [2.45, 2.75) is 6.92 Å². The Labute approximate surface area is 114 Å². The van der Waals surface area contributed by atoms with Gasteiger partial charge >= 0.3 is 0 Å². The zero-order valence-corrected chi connectivity index (χ0v) is 10.9. The third kappa shape index (κ3) is 2.25. The lowest BCUT2D eigenvalue weighted by atomic mass is 10.2. The number of nitrogens with zero attached hydrogens (tertiary/aromatic N) is 1. The number of ketones is 1. The van der Waals surface area contributed by atoms with Crippen LogP contribution in [0.2, 0.25) is 5.02 Å². The number of aromatic nitrogens is 1. The summed E-state index contributed by atoms with van der Waals surface area (Å²) in [5.41, 5.74) is 1.82. The Kier molecular flexibility index (Phi) is 2.84. The highest BCUT2D eigenvalue weighted by molar-refractivity contribution is 6.31. The summed E-state index contributed by atoms with van der Waals surface area (Å²) in [4.78, 5) is 16.5. The van der Waals surface area contributed by atoms with Crippen molar-refractivity contribution in [1.29, 1.82) is 0 Å². The summed E-state index contributed by atoms with van der Waals surface area (Å²) in [5.74, 6) is 0.0476. The van der Waals surface area contributed by atoms with E-state index in [1.54, 1.807) is 36.4 Å². The topological polar surface area (TPSA) is 43.1 Å². The fraction of sp³-hybridized carbons (Fsp3) is 0.0667. The predicted octanol–water partition coefficient (Wildman–Crippen LogP) is 4.02. The lowest BCUT2D eigenvalue weighted by Gasteiger charge is -1.97. The van der Waals surface area contributed by atoms with Crippen LogP contribution in [0.1, 0.15) is 21.9 Å². The lowest BCUT2D eigenvalue weighted by molar-refractivity contribution is 0.101. The number of rotatable bonds is 2. The van der Waals surface area contributed by atoms with Crippen LogP contribution in [0.3, 0.4) is 0 Å². The Balaban J connectivity index is 2.06. The molecule has 0 unspecified atom stereocenters. The Bertz CT molecular complexity index is 777. The van der Waals surface area contributed by atoms with Gasteiger partial charge in [0.2, 0.25) is 5.78 Å². The van der Waals surface area contributed by atoms with E-state index >= 15 is 0 Å². The molecule has 0 N–H and O–H groups in total. The number of hydrogen-bond acceptors (Lipinski definition) is 3. The van der Waals surface area contributed by atoms with Gasteiger partial charge in [0.25, 0.3) is 0 Å². The SMILES string of the molecule is Cc1cccc(C(=O)c2cc3cc(Cl)ccc3o2)n1. The van der Waals surface area contributed by atoms with Gasteiger partial charge in [-0.05, 0) is 43.3 Å². The molecule has 2 heterocycles. The van der Waals surface area contributed by atoms with E-state index in [1.165, 1.54) is 0 Å². The van der Waals surface area contributed by atoms with Crippen molar-refractivity contribution in [2.75, 3.05) is 0 Å². The number of halogens is 1. The summed E-state index contributed by atoms with van der Waals surface area (Å²) in [5, 5.41) is 1.42. The highest BCUT2D eigenvalue weighted by Gasteiger charge is 2.16. The number of carbonyl (C=O) groups excluding carboxylic acids is 1. The molecule has 0 fully saturated rings. The number of carbonyl (C=O) groups is 1. The minimum atomic E-state index is -0.226. The molecular formula is C15H10ClNO2. The Hall–Kier alpha value is -2.13. The molecule has 2 aromatic heterocycles. The van der Waals surface area contributed by atoms with E-state index in [0.29, 0.717) is 16.3 Å². The summed E-state index contributed by atoms with van der Waals surface area (Å²) < 4.78 is 5.53. The first-order chi connectivity index (χ1) is 9.13. The molecule has 0 saturated carbocycles. The molecule has 0 radical (unpaired) electrons. The van der Waals surface area contributed by atoms with Gasteiger partial charge in [0.1, 0.15) is 11.3 Å². The summed E-state index contributed by atoms with van der Waals surface area (Å²) in [6.45, 7) is 1.84. The van der Waals surface area contributed by atoms with Gasteiger partial charge in [-0.15, -0.1) is 0 Å². The van der Waals surface area contributed by atoms with Crippen LogP contribution in [0, 0.1) is 6.92 Å². The van der Waals surface area contributed by atoms with Crippen LogP contribution in [-0.4, -0.2) is 10.8 Å². The van der Waals surface area contributed by atoms with Gasteiger partial charge in [0.05, 0.1) is 0 Å². The van der Waals surface area contributed by atoms with Crippen molar-refractivity contribution in [3.63, 3.8) is 0 Å². The Morgan fingerprint density at radius 2 is 2.05 bits per heavy atom. The Morgan fingerprint density at radius 3 is 2.84 bits per heavy atom. The minimum absolute atomic E-state index is 0.226. The first-order valence-electron chi connectivity index (χ1n) is 5.81. The normalized spacial score (nSPS) is 10.8. The maximum absolute atomic E-state index is 12.3. The summed E-state index contributed by atoms with van der Waals surface area (Å²) in [7, 11) is 0. The smallest absolute Gasteiger partial charge is 0.246 e. The van der Waals surface area contributed by atoms with E-state index in [2.05, 4.69) is 4.98 Å². The molecule has 0 aliphatic carbocycles. The zero-order chi connectivity index (χ0) is 13.4. The third-order valence-electron chi connectivity index (χ3n) is 2.82. The molecule has 3 rings (SSSR count). The van der Waals surface area contributed by atoms with Crippen molar-refractivity contribution in [2.24, 2.45) is 0 Å². The monoisotopic (exact) mass is 271 g/mol. The molecule has 0 saturated heterocycles. The van der Waals surface area contributed by atoms with E-state index in [9.17, 15) is 4.79 Å². The van der Waals surface area contributed by atoms with E-state index in [4.69, 9.17) is 16.0 Å². The second-order valence-corrected chi connectivity index (χ2v) is 4.72. The number of pyridine rings is 1. The molecular weight excluding hydrogens is 262 g/mol. The molecule has 19 heavy (non-hydrogen) atoms. The fourth-order valence-electron chi connectivity index (χ4n) is 1.92. The van der Waals surface area contributed by atoms with Crippen LogP contribution in [0.4, 0.5) is 0 Å². The summed E-state index contributed by atoms with van der Waals surface area (Å²) in [6.07, 6.45) is 0. The van der Waals surface area contributed by atoms with Crippen molar-refractivity contribution in [3.8, 4) is 0 Å². The van der Waals surface area contributed by atoms with Gasteiger partial charge in [-0.3, -0.25) is 4.79 Å². The quantitative estimate of drug-likeness (QED) is 0.661. The standard InChI is InChI=1S/C15H10ClNO2/c1-9-3-2-4-12(17-9)15(18)14-8-10-7-11(16)5-6-13(10)19-14/h2-8H,1H3. The van der Waals surface area contributed by atoms with Crippen molar-refractivity contribution < 1.29 is 9.21 Å². The molecule has 0 spiro atoms.